The van der Waals surface area contributed by atoms with Crippen LogP contribution < -0.4 is 10.5 Å². The van der Waals surface area contributed by atoms with E-state index in [0.29, 0.717) is 5.56 Å². The normalized spacial score (nSPS) is 16.7. The van der Waals surface area contributed by atoms with Gasteiger partial charge in [0.15, 0.2) is 12.1 Å². The molecule has 2 aromatic carbocycles. The van der Waals surface area contributed by atoms with Crippen LogP contribution in [0.3, 0.4) is 0 Å². The van der Waals surface area contributed by atoms with Crippen molar-refractivity contribution in [1.29, 1.82) is 0 Å². The van der Waals surface area contributed by atoms with Gasteiger partial charge in [0.2, 0.25) is 5.78 Å². The van der Waals surface area contributed by atoms with Gasteiger partial charge in [-0.1, -0.05) is 32.4 Å². The summed E-state index contributed by atoms with van der Waals surface area (Å²) in [6, 6.07) is 4.17. The molecular weight excluding hydrogens is 510 g/mol. The van der Waals surface area contributed by atoms with Crippen molar-refractivity contribution in [2.45, 2.75) is 58.3 Å². The van der Waals surface area contributed by atoms with Crippen molar-refractivity contribution in [3.8, 4) is 17.2 Å². The van der Waals surface area contributed by atoms with Gasteiger partial charge in [0.25, 0.3) is 0 Å². The van der Waals surface area contributed by atoms with Gasteiger partial charge < -0.3 is 40.7 Å². The number of rotatable bonds is 6. The van der Waals surface area contributed by atoms with Crippen LogP contribution >= 0.6 is 0 Å². The number of ketones is 2. The van der Waals surface area contributed by atoms with Gasteiger partial charge in [-0.15, -0.1) is 0 Å². The monoisotopic (exact) mass is 547 g/mol. The van der Waals surface area contributed by atoms with Gasteiger partial charge in [-0.3, -0.25) is 14.4 Å². The van der Waals surface area contributed by atoms with Crippen molar-refractivity contribution in [2.75, 3.05) is 20.8 Å². The van der Waals surface area contributed by atoms with Gasteiger partial charge in [-0.2, -0.15) is 0 Å². The molecule has 39 heavy (non-hydrogen) atoms. The Morgan fingerprint density at radius 2 is 1.64 bits per heavy atom. The lowest BCUT2D eigenvalue weighted by Crippen LogP contribution is -2.30. The van der Waals surface area contributed by atoms with E-state index in [0.717, 1.165) is 0 Å². The summed E-state index contributed by atoms with van der Waals surface area (Å²) in [6.07, 6.45) is 1.12. The van der Waals surface area contributed by atoms with E-state index in [2.05, 4.69) is 18.6 Å². The smallest absolute Gasteiger partial charge is 0.306 e. The van der Waals surface area contributed by atoms with Crippen LogP contribution in [0.1, 0.15) is 76.1 Å². The Hall–Kier alpha value is -3.51. The van der Waals surface area contributed by atoms with E-state index in [-0.39, 0.29) is 77.6 Å². The van der Waals surface area contributed by atoms with Crippen LogP contribution in [0, 0.1) is 5.92 Å². The van der Waals surface area contributed by atoms with Gasteiger partial charge in [0, 0.05) is 36.3 Å². The summed E-state index contributed by atoms with van der Waals surface area (Å²) in [6.45, 7) is 4.13. The fourth-order valence-electron chi connectivity index (χ4n) is 4.45. The summed E-state index contributed by atoms with van der Waals surface area (Å²) >= 11 is 0. The largest absolute Gasteiger partial charge is 0.507 e. The summed E-state index contributed by atoms with van der Waals surface area (Å²) in [7, 11) is 2.76. The molecule has 0 saturated carbocycles. The second kappa shape index (κ2) is 14.0. The molecule has 0 radical (unpaired) electrons. The minimum absolute atomic E-state index is 0.0101. The number of carbonyl (C=O) groups excluding carboxylic acids is 2. The Kier molecular flexibility index (Phi) is 11.4. The first-order chi connectivity index (χ1) is 18.5. The minimum Gasteiger partial charge on any atom is -0.507 e. The van der Waals surface area contributed by atoms with Gasteiger partial charge in [0.1, 0.15) is 17.2 Å². The molecule has 11 nitrogen and oxygen atoms in total. The molecule has 3 atom stereocenters. The van der Waals surface area contributed by atoms with E-state index in [4.69, 9.17) is 20.7 Å². The fraction of sp³-hybridized carbons (Fsp3) is 0.464. The highest BCUT2D eigenvalue weighted by molar-refractivity contribution is 6.31. The van der Waals surface area contributed by atoms with Crippen molar-refractivity contribution in [1.82, 2.24) is 0 Å². The van der Waals surface area contributed by atoms with Crippen molar-refractivity contribution >= 4 is 17.5 Å². The SMILES string of the molecule is CCC.COC(O)CC(N)CO.COc1cccc2c1C(=O)c1c(O)c3c(c(O)c1C2=O)CC(C(=O)O)CC3. The van der Waals surface area contributed by atoms with Gasteiger partial charge in [-0.05, 0) is 25.3 Å². The number of carbonyl (C=O) groups is 3. The Bertz CT molecular complexity index is 1200. The zero-order valence-corrected chi connectivity index (χ0v) is 22.6. The number of phenols is 2. The Morgan fingerprint density at radius 1 is 1.05 bits per heavy atom. The van der Waals surface area contributed by atoms with Gasteiger partial charge in [-0.25, -0.2) is 0 Å². The first-order valence-electron chi connectivity index (χ1n) is 12.6. The maximum Gasteiger partial charge on any atom is 0.306 e. The topological polar surface area (TPSA) is 197 Å². The molecule has 2 aliphatic carbocycles. The number of phenolic OH excluding ortho intramolecular Hbond substituents is 2. The zero-order valence-electron chi connectivity index (χ0n) is 22.6. The summed E-state index contributed by atoms with van der Waals surface area (Å²) in [5.41, 5.74) is 5.40. The number of aromatic hydroxyl groups is 2. The lowest BCUT2D eigenvalue weighted by molar-refractivity contribution is -0.142. The molecule has 3 unspecified atom stereocenters. The second-order valence-electron chi connectivity index (χ2n) is 9.30. The molecule has 0 aromatic heterocycles. The third-order valence-electron chi connectivity index (χ3n) is 6.39. The second-order valence-corrected chi connectivity index (χ2v) is 9.30. The summed E-state index contributed by atoms with van der Waals surface area (Å²) in [5.74, 6) is -3.51. The van der Waals surface area contributed by atoms with Crippen molar-refractivity contribution < 1.29 is 49.4 Å². The van der Waals surface area contributed by atoms with Crippen LogP contribution in [-0.2, 0) is 22.4 Å². The quantitative estimate of drug-likeness (QED) is 0.195. The molecule has 7 N–H and O–H groups in total. The van der Waals surface area contributed by atoms with Gasteiger partial charge in [0.05, 0.1) is 36.3 Å². The van der Waals surface area contributed by atoms with E-state index in [9.17, 15) is 29.7 Å². The number of hydrogen-bond donors (Lipinski definition) is 6. The number of carboxylic acids is 1. The highest BCUT2D eigenvalue weighted by Gasteiger charge is 2.41. The predicted molar refractivity (Wildman–Crippen MR) is 141 cm³/mol. The minimum atomic E-state index is -1.00. The first-order valence-corrected chi connectivity index (χ1v) is 12.6. The number of aliphatic hydroxyl groups is 2. The summed E-state index contributed by atoms with van der Waals surface area (Å²) < 4.78 is 9.67. The van der Waals surface area contributed by atoms with E-state index in [1.165, 1.54) is 26.7 Å². The average molecular weight is 548 g/mol. The molecule has 0 bridgehead atoms. The number of ether oxygens (including phenoxy) is 2. The van der Waals surface area contributed by atoms with Crippen molar-refractivity contribution in [3.05, 3.63) is 51.6 Å². The van der Waals surface area contributed by atoms with E-state index < -0.39 is 35.5 Å². The molecule has 2 aliphatic rings. The molecule has 0 heterocycles. The Labute approximate surface area is 226 Å². The summed E-state index contributed by atoms with van der Waals surface area (Å²) in [5, 5.41) is 47.9. The third-order valence-corrected chi connectivity index (χ3v) is 6.39. The molecule has 11 heteroatoms. The molecule has 4 rings (SSSR count). The van der Waals surface area contributed by atoms with Crippen molar-refractivity contribution in [3.63, 3.8) is 0 Å². The maximum atomic E-state index is 13.1. The lowest BCUT2D eigenvalue weighted by Gasteiger charge is -2.28. The van der Waals surface area contributed by atoms with E-state index in [1.54, 1.807) is 12.1 Å². The van der Waals surface area contributed by atoms with E-state index >= 15 is 0 Å². The molecule has 2 aromatic rings. The fourth-order valence-corrected chi connectivity index (χ4v) is 4.45. The van der Waals surface area contributed by atoms with E-state index in [1.807, 2.05) is 0 Å². The molecule has 0 aliphatic heterocycles. The van der Waals surface area contributed by atoms with Gasteiger partial charge >= 0.3 is 5.97 Å². The molecule has 214 valence electrons. The molecular formula is C28H37NO10. The molecule has 0 saturated heterocycles. The number of fused-ring (bicyclic) bond motifs is 3. The Balaban J connectivity index is 0.000000376. The van der Waals surface area contributed by atoms with Crippen LogP contribution in [0.15, 0.2) is 18.2 Å². The molecule has 0 fully saturated rings. The maximum absolute atomic E-state index is 13.1. The predicted octanol–water partition coefficient (Wildman–Crippen LogP) is 2.15. The van der Waals surface area contributed by atoms with Crippen LogP contribution in [0.2, 0.25) is 0 Å². The number of methoxy groups -OCH3 is 2. The number of aliphatic carboxylic acids is 1. The number of carboxylic acid groups (broad SMARTS) is 1. The van der Waals surface area contributed by atoms with Crippen molar-refractivity contribution in [2.24, 2.45) is 11.7 Å². The van der Waals surface area contributed by atoms with Crippen LogP contribution in [0.4, 0.5) is 0 Å². The number of nitrogens with two attached hydrogens (primary N) is 1. The average Bonchev–Trinajstić information content (AvgIpc) is 2.93. The number of aliphatic hydroxyl groups excluding tert-OH is 2. The van der Waals surface area contributed by atoms with Crippen LogP contribution in [0.25, 0.3) is 0 Å². The zero-order chi connectivity index (χ0) is 29.4. The summed E-state index contributed by atoms with van der Waals surface area (Å²) in [4.78, 5) is 37.4. The first kappa shape index (κ1) is 31.7. The number of benzene rings is 2. The highest BCUT2D eigenvalue weighted by atomic mass is 16.6. The number of hydrogen-bond acceptors (Lipinski definition) is 10. The highest BCUT2D eigenvalue weighted by Crippen LogP contribution is 2.47. The Morgan fingerprint density at radius 3 is 2.18 bits per heavy atom. The third kappa shape index (κ3) is 6.74. The van der Waals surface area contributed by atoms with Crippen LogP contribution in [0.5, 0.6) is 17.2 Å². The lowest BCUT2D eigenvalue weighted by atomic mass is 9.75. The molecule has 0 amide bonds. The standard InChI is InChI=1S/C20H16O7.C5H13NO3.C3H8/c1-27-12-4-2-3-10-13(12)19(24)15-14(17(10)22)18(23)11-7-8(20(25)26)5-6-9(11)16(15)21;1-9-5(8)2-4(6)3-7;1-3-2/h2-4,8,21,23H,5-7H2,1H3,(H,25,26);4-5,7-8H,2-3,6H2,1H3;3H2,1-2H3. The van der Waals surface area contributed by atoms with Crippen LogP contribution in [-0.4, -0.2) is 76.2 Å². The molecule has 0 spiro atoms.